The summed E-state index contributed by atoms with van der Waals surface area (Å²) in [4.78, 5) is 12.0. The smallest absolute Gasteiger partial charge is 0.255 e. The SMILES string of the molecule is C=CCCNC(=O)c1ccc(OC)c(OC)c1OC. The molecule has 0 saturated carbocycles. The van der Waals surface area contributed by atoms with Gasteiger partial charge in [0, 0.05) is 6.54 Å². The van der Waals surface area contributed by atoms with E-state index in [9.17, 15) is 4.79 Å². The third-order valence-electron chi connectivity index (χ3n) is 2.58. The number of methoxy groups -OCH3 is 3. The van der Waals surface area contributed by atoms with Crippen molar-refractivity contribution >= 4 is 5.91 Å². The van der Waals surface area contributed by atoms with Gasteiger partial charge in [-0.05, 0) is 18.6 Å². The number of hydrogen-bond acceptors (Lipinski definition) is 4. The fourth-order valence-electron chi connectivity index (χ4n) is 1.66. The van der Waals surface area contributed by atoms with Crippen LogP contribution in [-0.2, 0) is 0 Å². The summed E-state index contributed by atoms with van der Waals surface area (Å²) in [5.41, 5.74) is 0.407. The van der Waals surface area contributed by atoms with E-state index in [0.29, 0.717) is 35.8 Å². The minimum atomic E-state index is -0.223. The zero-order valence-corrected chi connectivity index (χ0v) is 11.5. The third-order valence-corrected chi connectivity index (χ3v) is 2.58. The van der Waals surface area contributed by atoms with E-state index in [4.69, 9.17) is 14.2 Å². The molecule has 0 spiro atoms. The number of rotatable bonds is 7. The Balaban J connectivity index is 3.06. The molecule has 0 aliphatic rings. The van der Waals surface area contributed by atoms with Crippen LogP contribution >= 0.6 is 0 Å². The first-order chi connectivity index (χ1) is 9.19. The van der Waals surface area contributed by atoms with Crippen LogP contribution in [0.4, 0.5) is 0 Å². The molecule has 19 heavy (non-hydrogen) atoms. The predicted molar refractivity (Wildman–Crippen MR) is 73.2 cm³/mol. The molecule has 1 N–H and O–H groups in total. The summed E-state index contributed by atoms with van der Waals surface area (Å²) in [6.45, 7) is 4.13. The predicted octanol–water partition coefficient (Wildman–Crippen LogP) is 2.02. The Bertz CT molecular complexity index is 457. The van der Waals surface area contributed by atoms with Crippen molar-refractivity contribution in [1.29, 1.82) is 0 Å². The highest BCUT2D eigenvalue weighted by molar-refractivity contribution is 5.98. The minimum absolute atomic E-state index is 0.223. The van der Waals surface area contributed by atoms with Crippen molar-refractivity contribution in [1.82, 2.24) is 5.32 Å². The number of carbonyl (C=O) groups is 1. The zero-order valence-electron chi connectivity index (χ0n) is 11.5. The van der Waals surface area contributed by atoms with Gasteiger partial charge in [-0.3, -0.25) is 4.79 Å². The monoisotopic (exact) mass is 265 g/mol. The Labute approximate surface area is 113 Å². The molecule has 1 amide bonds. The largest absolute Gasteiger partial charge is 0.493 e. The average Bonchev–Trinajstić information content (AvgIpc) is 2.45. The summed E-state index contributed by atoms with van der Waals surface area (Å²) < 4.78 is 15.6. The van der Waals surface area contributed by atoms with E-state index < -0.39 is 0 Å². The van der Waals surface area contributed by atoms with Crippen molar-refractivity contribution in [2.75, 3.05) is 27.9 Å². The molecule has 5 heteroatoms. The van der Waals surface area contributed by atoms with Crippen LogP contribution < -0.4 is 19.5 Å². The second kappa shape index (κ2) is 7.31. The highest BCUT2D eigenvalue weighted by Gasteiger charge is 2.20. The molecular formula is C14H19NO4. The standard InChI is InChI=1S/C14H19NO4/c1-5-6-9-15-14(16)10-7-8-11(17-2)13(19-4)12(10)18-3/h5,7-8H,1,6,9H2,2-4H3,(H,15,16). The van der Waals surface area contributed by atoms with Gasteiger partial charge >= 0.3 is 0 Å². The van der Waals surface area contributed by atoms with Crippen molar-refractivity contribution < 1.29 is 19.0 Å². The number of benzene rings is 1. The van der Waals surface area contributed by atoms with Crippen LogP contribution in [-0.4, -0.2) is 33.8 Å². The van der Waals surface area contributed by atoms with E-state index >= 15 is 0 Å². The highest BCUT2D eigenvalue weighted by Crippen LogP contribution is 2.39. The summed E-state index contributed by atoms with van der Waals surface area (Å²) in [6.07, 6.45) is 2.45. The Hall–Kier alpha value is -2.17. The van der Waals surface area contributed by atoms with Gasteiger partial charge in [0.2, 0.25) is 5.75 Å². The van der Waals surface area contributed by atoms with Gasteiger partial charge in [-0.15, -0.1) is 6.58 Å². The van der Waals surface area contributed by atoms with Gasteiger partial charge in [0.25, 0.3) is 5.91 Å². The van der Waals surface area contributed by atoms with Gasteiger partial charge in [-0.1, -0.05) is 6.08 Å². The molecule has 5 nitrogen and oxygen atoms in total. The zero-order chi connectivity index (χ0) is 14.3. The topological polar surface area (TPSA) is 56.8 Å². The van der Waals surface area contributed by atoms with Crippen molar-refractivity contribution in [3.05, 3.63) is 30.4 Å². The van der Waals surface area contributed by atoms with Gasteiger partial charge in [-0.25, -0.2) is 0 Å². The van der Waals surface area contributed by atoms with Crippen LogP contribution in [0.3, 0.4) is 0 Å². The van der Waals surface area contributed by atoms with Crippen molar-refractivity contribution in [2.45, 2.75) is 6.42 Å². The van der Waals surface area contributed by atoms with Gasteiger partial charge in [0.1, 0.15) is 0 Å². The number of nitrogens with one attached hydrogen (secondary N) is 1. The summed E-state index contributed by atoms with van der Waals surface area (Å²) in [5, 5.41) is 2.78. The first kappa shape index (κ1) is 14.9. The van der Waals surface area contributed by atoms with E-state index in [2.05, 4.69) is 11.9 Å². The molecule has 0 heterocycles. The Morgan fingerprint density at radius 3 is 2.42 bits per heavy atom. The molecule has 0 fully saturated rings. The second-order valence-electron chi connectivity index (χ2n) is 3.72. The van der Waals surface area contributed by atoms with Gasteiger partial charge in [-0.2, -0.15) is 0 Å². The van der Waals surface area contributed by atoms with Gasteiger partial charge < -0.3 is 19.5 Å². The lowest BCUT2D eigenvalue weighted by Crippen LogP contribution is -2.24. The van der Waals surface area contributed by atoms with Crippen LogP contribution in [0.25, 0.3) is 0 Å². The molecule has 104 valence electrons. The molecule has 0 radical (unpaired) electrons. The lowest BCUT2D eigenvalue weighted by Gasteiger charge is -2.15. The van der Waals surface area contributed by atoms with Gasteiger partial charge in [0.15, 0.2) is 11.5 Å². The molecule has 0 bridgehead atoms. The van der Waals surface area contributed by atoms with Crippen molar-refractivity contribution in [2.24, 2.45) is 0 Å². The van der Waals surface area contributed by atoms with Crippen LogP contribution in [0.1, 0.15) is 16.8 Å². The fraction of sp³-hybridized carbons (Fsp3) is 0.357. The van der Waals surface area contributed by atoms with E-state index in [1.165, 1.54) is 21.3 Å². The molecule has 1 rings (SSSR count). The van der Waals surface area contributed by atoms with Crippen LogP contribution in [0.15, 0.2) is 24.8 Å². The lowest BCUT2D eigenvalue weighted by atomic mass is 10.1. The Morgan fingerprint density at radius 1 is 1.21 bits per heavy atom. The fourth-order valence-corrected chi connectivity index (χ4v) is 1.66. The normalized spacial score (nSPS) is 9.63. The molecule has 1 aromatic rings. The maximum Gasteiger partial charge on any atom is 0.255 e. The number of hydrogen-bond donors (Lipinski definition) is 1. The summed E-state index contributed by atoms with van der Waals surface area (Å²) in [6, 6.07) is 3.31. The molecule has 0 aliphatic carbocycles. The molecule has 0 unspecified atom stereocenters. The number of carbonyl (C=O) groups excluding carboxylic acids is 1. The second-order valence-corrected chi connectivity index (χ2v) is 3.72. The Morgan fingerprint density at radius 2 is 1.89 bits per heavy atom. The quantitative estimate of drug-likeness (QED) is 0.605. The van der Waals surface area contributed by atoms with Crippen molar-refractivity contribution in [3.8, 4) is 17.2 Å². The molecule has 0 atom stereocenters. The number of ether oxygens (including phenoxy) is 3. The molecule has 0 saturated heterocycles. The van der Waals surface area contributed by atoms with Crippen LogP contribution in [0.2, 0.25) is 0 Å². The highest BCUT2D eigenvalue weighted by atomic mass is 16.5. The van der Waals surface area contributed by atoms with E-state index in [-0.39, 0.29) is 5.91 Å². The van der Waals surface area contributed by atoms with E-state index in [1.54, 1.807) is 18.2 Å². The third kappa shape index (κ3) is 3.40. The molecular weight excluding hydrogens is 246 g/mol. The first-order valence-electron chi connectivity index (χ1n) is 5.87. The van der Waals surface area contributed by atoms with Crippen molar-refractivity contribution in [3.63, 3.8) is 0 Å². The van der Waals surface area contributed by atoms with Gasteiger partial charge in [0.05, 0.1) is 26.9 Å². The lowest BCUT2D eigenvalue weighted by molar-refractivity contribution is 0.0950. The summed E-state index contributed by atoms with van der Waals surface area (Å²) >= 11 is 0. The molecule has 0 aromatic heterocycles. The molecule has 0 aliphatic heterocycles. The van der Waals surface area contributed by atoms with Crippen LogP contribution in [0.5, 0.6) is 17.2 Å². The maximum absolute atomic E-state index is 12.0. The number of amides is 1. The maximum atomic E-state index is 12.0. The first-order valence-corrected chi connectivity index (χ1v) is 5.87. The average molecular weight is 265 g/mol. The molecule has 1 aromatic carbocycles. The van der Waals surface area contributed by atoms with E-state index in [0.717, 1.165) is 0 Å². The summed E-state index contributed by atoms with van der Waals surface area (Å²) in [5.74, 6) is 1.06. The van der Waals surface area contributed by atoms with E-state index in [1.807, 2.05) is 0 Å². The minimum Gasteiger partial charge on any atom is -0.493 e. The Kier molecular flexibility index (Phi) is 5.73. The van der Waals surface area contributed by atoms with Crippen LogP contribution in [0, 0.1) is 0 Å². The summed E-state index contributed by atoms with van der Waals surface area (Å²) in [7, 11) is 4.51.